The smallest absolute Gasteiger partial charge is 0.156 e. The first-order valence-electron chi connectivity index (χ1n) is 10.8. The van der Waals surface area contributed by atoms with E-state index in [9.17, 15) is 9.90 Å². The van der Waals surface area contributed by atoms with Gasteiger partial charge in [0.2, 0.25) is 0 Å². The van der Waals surface area contributed by atoms with Gasteiger partial charge < -0.3 is 14.6 Å². The molecule has 4 heteroatoms. The van der Waals surface area contributed by atoms with Crippen LogP contribution in [0.2, 0.25) is 0 Å². The minimum Gasteiger partial charge on any atom is -0.507 e. The van der Waals surface area contributed by atoms with E-state index in [0.29, 0.717) is 23.5 Å². The number of hydrogen-bond donors (Lipinski definition) is 1. The summed E-state index contributed by atoms with van der Waals surface area (Å²) in [6, 6.07) is 13.9. The Labute approximate surface area is 178 Å². The number of ketones is 1. The van der Waals surface area contributed by atoms with Crippen LogP contribution >= 0.6 is 0 Å². The molecule has 2 aromatic rings. The molecule has 2 aliphatic rings. The van der Waals surface area contributed by atoms with Crippen LogP contribution in [-0.2, 0) is 11.2 Å². The van der Waals surface area contributed by atoms with Crippen molar-refractivity contribution in [2.24, 2.45) is 5.92 Å². The summed E-state index contributed by atoms with van der Waals surface area (Å²) >= 11 is 0. The summed E-state index contributed by atoms with van der Waals surface area (Å²) in [6.07, 6.45) is 5.94. The molecule has 0 fully saturated rings. The fourth-order valence-corrected chi connectivity index (χ4v) is 4.66. The second-order valence-electron chi connectivity index (χ2n) is 8.98. The molecular formula is C26H30O4. The molecule has 4 rings (SSSR count). The van der Waals surface area contributed by atoms with Crippen LogP contribution in [0.1, 0.15) is 57.6 Å². The molecule has 2 aromatic carbocycles. The monoisotopic (exact) mass is 406 g/mol. The van der Waals surface area contributed by atoms with Crippen molar-refractivity contribution in [1.82, 2.24) is 0 Å². The Hall–Kier alpha value is -2.75. The molecule has 0 unspecified atom stereocenters. The number of hydrogen-bond acceptors (Lipinski definition) is 4. The zero-order chi connectivity index (χ0) is 21.3. The normalized spacial score (nSPS) is 20.4. The van der Waals surface area contributed by atoms with Gasteiger partial charge in [-0.05, 0) is 63.7 Å². The lowest BCUT2D eigenvalue weighted by atomic mass is 9.72. The van der Waals surface area contributed by atoms with E-state index in [4.69, 9.17) is 9.47 Å². The third kappa shape index (κ3) is 4.23. The molecule has 0 saturated carbocycles. The van der Waals surface area contributed by atoms with Crippen molar-refractivity contribution < 1.29 is 19.4 Å². The second-order valence-corrected chi connectivity index (χ2v) is 8.98. The number of carbonyl (C=O) groups is 1. The summed E-state index contributed by atoms with van der Waals surface area (Å²) in [5, 5.41) is 10.8. The lowest BCUT2D eigenvalue weighted by molar-refractivity contribution is -0.115. The van der Waals surface area contributed by atoms with Gasteiger partial charge >= 0.3 is 0 Å². The molecule has 4 nitrogen and oxygen atoms in total. The van der Waals surface area contributed by atoms with E-state index in [1.54, 1.807) is 12.1 Å². The molecule has 30 heavy (non-hydrogen) atoms. The fourth-order valence-electron chi connectivity index (χ4n) is 4.66. The Morgan fingerprint density at radius 1 is 1.23 bits per heavy atom. The molecule has 158 valence electrons. The van der Waals surface area contributed by atoms with Gasteiger partial charge in [0.05, 0.1) is 11.7 Å². The lowest BCUT2D eigenvalue weighted by Crippen LogP contribution is -2.43. The Kier molecular flexibility index (Phi) is 5.59. The zero-order valence-corrected chi connectivity index (χ0v) is 18.0. The quantitative estimate of drug-likeness (QED) is 0.667. The van der Waals surface area contributed by atoms with Gasteiger partial charge in [-0.1, -0.05) is 30.3 Å². The van der Waals surface area contributed by atoms with Gasteiger partial charge in [-0.3, -0.25) is 4.79 Å². The van der Waals surface area contributed by atoms with Crippen molar-refractivity contribution in [3.05, 3.63) is 59.7 Å². The minimum atomic E-state index is -0.439. The van der Waals surface area contributed by atoms with E-state index >= 15 is 0 Å². The Balaban J connectivity index is 1.49. The van der Waals surface area contributed by atoms with Crippen LogP contribution in [0.25, 0.3) is 5.57 Å². The molecule has 1 heterocycles. The predicted molar refractivity (Wildman–Crippen MR) is 118 cm³/mol. The molecule has 0 spiro atoms. The number of fused-ring (bicyclic) bond motifs is 3. The van der Waals surface area contributed by atoms with Crippen molar-refractivity contribution >= 4 is 11.4 Å². The van der Waals surface area contributed by atoms with Gasteiger partial charge in [0, 0.05) is 24.5 Å². The van der Waals surface area contributed by atoms with Crippen molar-refractivity contribution in [3.63, 3.8) is 0 Å². The first-order valence-corrected chi connectivity index (χ1v) is 10.8. The average Bonchev–Trinajstić information content (AvgIpc) is 2.67. The molecule has 0 bridgehead atoms. The first-order chi connectivity index (χ1) is 14.3. The molecule has 0 amide bonds. The highest BCUT2D eigenvalue weighted by Gasteiger charge is 2.43. The van der Waals surface area contributed by atoms with Crippen LogP contribution in [0.15, 0.2) is 48.5 Å². The number of carbonyl (C=O) groups excluding carboxylic acids is 1. The van der Waals surface area contributed by atoms with Crippen molar-refractivity contribution in [3.8, 4) is 17.2 Å². The standard InChI is InChI=1S/C26H30O4/c1-17(8-7-11-18-9-5-4-6-10-18)29-20-15-23(28)25-21-14-19(27)12-13-22(21)26(2,3)30-24(25)16-20/h4-6,9-10,14-17,22,28H,7-8,11-13H2,1-3H3/t17-,22-/m1/s1. The van der Waals surface area contributed by atoms with Crippen molar-refractivity contribution in [2.45, 2.75) is 64.6 Å². The number of phenolic OH excluding ortho intramolecular Hbond substituents is 1. The predicted octanol–water partition coefficient (Wildman–Crippen LogP) is 5.72. The van der Waals surface area contributed by atoms with Crippen molar-refractivity contribution in [1.29, 1.82) is 0 Å². The number of aryl methyl sites for hydroxylation is 1. The van der Waals surface area contributed by atoms with Gasteiger partial charge in [0.15, 0.2) is 5.78 Å². The number of rotatable bonds is 6. The van der Waals surface area contributed by atoms with E-state index in [0.717, 1.165) is 31.3 Å². The number of aromatic hydroxyl groups is 1. The maximum Gasteiger partial charge on any atom is 0.156 e. The first kappa shape index (κ1) is 20.5. The number of allylic oxidation sites excluding steroid dienone is 1. The van der Waals surface area contributed by atoms with Crippen LogP contribution < -0.4 is 9.47 Å². The number of ether oxygens (including phenoxy) is 2. The summed E-state index contributed by atoms with van der Waals surface area (Å²) in [6.45, 7) is 6.13. The Morgan fingerprint density at radius 3 is 2.77 bits per heavy atom. The Morgan fingerprint density at radius 2 is 2.00 bits per heavy atom. The third-order valence-corrected chi connectivity index (χ3v) is 6.18. The molecule has 0 radical (unpaired) electrons. The highest BCUT2D eigenvalue weighted by atomic mass is 16.5. The highest BCUT2D eigenvalue weighted by Crippen LogP contribution is 2.52. The van der Waals surface area contributed by atoms with E-state index in [1.165, 1.54) is 5.56 Å². The van der Waals surface area contributed by atoms with Crippen LogP contribution in [0, 0.1) is 5.92 Å². The Bertz CT molecular complexity index is 958. The largest absolute Gasteiger partial charge is 0.507 e. The fraction of sp³-hybridized carbons (Fsp3) is 0.423. The van der Waals surface area contributed by atoms with Gasteiger partial charge in [0.1, 0.15) is 22.8 Å². The molecule has 1 aliphatic heterocycles. The van der Waals surface area contributed by atoms with Crippen LogP contribution in [-0.4, -0.2) is 22.6 Å². The van der Waals surface area contributed by atoms with Gasteiger partial charge in [-0.15, -0.1) is 0 Å². The second kappa shape index (κ2) is 8.17. The summed E-state index contributed by atoms with van der Waals surface area (Å²) < 4.78 is 12.4. The van der Waals surface area contributed by atoms with E-state index < -0.39 is 5.60 Å². The minimum absolute atomic E-state index is 0.0194. The SMILES string of the molecule is C[C@H](CCCc1ccccc1)Oc1cc(O)c2c(c1)OC(C)(C)[C@@H]1CCC(=O)C=C21. The van der Waals surface area contributed by atoms with Crippen LogP contribution in [0.5, 0.6) is 17.2 Å². The maximum atomic E-state index is 12.0. The highest BCUT2D eigenvalue weighted by molar-refractivity contribution is 6.01. The van der Waals surface area contributed by atoms with Crippen LogP contribution in [0.3, 0.4) is 0 Å². The van der Waals surface area contributed by atoms with Crippen molar-refractivity contribution in [2.75, 3.05) is 0 Å². The molecular weight excluding hydrogens is 376 g/mol. The summed E-state index contributed by atoms with van der Waals surface area (Å²) in [5.74, 6) is 1.49. The number of phenols is 1. The van der Waals surface area contributed by atoms with E-state index in [1.807, 2.05) is 32.9 Å². The molecule has 2 atom stereocenters. The summed E-state index contributed by atoms with van der Waals surface area (Å²) in [5.41, 5.74) is 2.41. The van der Waals surface area contributed by atoms with Gasteiger partial charge in [0.25, 0.3) is 0 Å². The maximum absolute atomic E-state index is 12.0. The van der Waals surface area contributed by atoms with Crippen LogP contribution in [0.4, 0.5) is 0 Å². The number of benzene rings is 2. The molecule has 0 saturated heterocycles. The molecule has 0 aromatic heterocycles. The third-order valence-electron chi connectivity index (χ3n) is 6.18. The molecule has 1 N–H and O–H groups in total. The lowest BCUT2D eigenvalue weighted by Gasteiger charge is -2.43. The summed E-state index contributed by atoms with van der Waals surface area (Å²) in [4.78, 5) is 12.0. The summed E-state index contributed by atoms with van der Waals surface area (Å²) in [7, 11) is 0. The molecule has 1 aliphatic carbocycles. The average molecular weight is 407 g/mol. The van der Waals surface area contributed by atoms with Gasteiger partial charge in [-0.2, -0.15) is 0 Å². The van der Waals surface area contributed by atoms with Gasteiger partial charge in [-0.25, -0.2) is 0 Å². The topological polar surface area (TPSA) is 55.8 Å². The van der Waals surface area contributed by atoms with E-state index in [-0.39, 0.29) is 23.6 Å². The zero-order valence-electron chi connectivity index (χ0n) is 18.0. The van der Waals surface area contributed by atoms with E-state index in [2.05, 4.69) is 24.3 Å².